The van der Waals surface area contributed by atoms with Gasteiger partial charge in [0.05, 0.1) is 0 Å². The summed E-state index contributed by atoms with van der Waals surface area (Å²) in [7, 11) is 0. The number of rotatable bonds is 5. The van der Waals surface area contributed by atoms with Gasteiger partial charge in [0.2, 0.25) is 11.0 Å². The van der Waals surface area contributed by atoms with Crippen LogP contribution in [0.4, 0.5) is 5.13 Å². The number of carbonyl (C=O) groups is 1. The van der Waals surface area contributed by atoms with Crippen molar-refractivity contribution in [2.75, 3.05) is 5.32 Å². The minimum Gasteiger partial charge on any atom is -0.297 e. The monoisotopic (exact) mass is 355 g/mol. The minimum absolute atomic E-state index is 0.229. The van der Waals surface area contributed by atoms with Gasteiger partial charge in [-0.15, -0.1) is 10.2 Å². The molecular weight excluding hydrogens is 342 g/mol. The quantitative estimate of drug-likeness (QED) is 0.688. The normalized spacial score (nSPS) is 10.9. The third-order valence-electron chi connectivity index (χ3n) is 3.19. The van der Waals surface area contributed by atoms with Crippen LogP contribution in [0.25, 0.3) is 6.08 Å². The molecule has 2 aromatic carbocycles. The predicted molar refractivity (Wildman–Crippen MR) is 98.3 cm³/mol. The zero-order chi connectivity index (χ0) is 16.8. The zero-order valence-electron chi connectivity index (χ0n) is 12.6. The van der Waals surface area contributed by atoms with Gasteiger partial charge in [0.25, 0.3) is 0 Å². The van der Waals surface area contributed by atoms with Crippen LogP contribution < -0.4 is 5.32 Å². The second-order valence-corrected chi connectivity index (χ2v) is 6.54. The number of aromatic nitrogens is 2. The number of nitrogens with one attached hydrogen (secondary N) is 1. The molecule has 24 heavy (non-hydrogen) atoms. The van der Waals surface area contributed by atoms with Crippen LogP contribution in [0.2, 0.25) is 5.02 Å². The molecule has 0 aliphatic heterocycles. The van der Waals surface area contributed by atoms with Crippen molar-refractivity contribution in [2.45, 2.75) is 6.42 Å². The molecule has 1 aromatic heterocycles. The number of carbonyl (C=O) groups excluding carboxylic acids is 1. The summed E-state index contributed by atoms with van der Waals surface area (Å²) in [5.41, 5.74) is 2.06. The molecule has 0 bridgehead atoms. The van der Waals surface area contributed by atoms with E-state index in [9.17, 15) is 4.79 Å². The molecule has 3 aromatic rings. The van der Waals surface area contributed by atoms with E-state index in [1.807, 2.05) is 54.6 Å². The molecule has 3 rings (SSSR count). The Balaban J connectivity index is 1.58. The van der Waals surface area contributed by atoms with Crippen molar-refractivity contribution in [3.8, 4) is 0 Å². The highest BCUT2D eigenvalue weighted by Gasteiger charge is 2.07. The van der Waals surface area contributed by atoms with Gasteiger partial charge in [-0.25, -0.2) is 0 Å². The van der Waals surface area contributed by atoms with Crippen LogP contribution in [0.1, 0.15) is 16.1 Å². The summed E-state index contributed by atoms with van der Waals surface area (Å²) in [5.74, 6) is -0.229. The Kier molecular flexibility index (Phi) is 5.36. The van der Waals surface area contributed by atoms with Crippen LogP contribution in [-0.4, -0.2) is 16.1 Å². The summed E-state index contributed by atoms with van der Waals surface area (Å²) in [6.07, 6.45) is 3.89. The third-order valence-corrected chi connectivity index (χ3v) is 4.28. The summed E-state index contributed by atoms with van der Waals surface area (Å²) < 4.78 is 0. The Bertz CT molecular complexity index is 844. The molecule has 0 saturated carbocycles. The molecule has 0 spiro atoms. The number of nitrogens with zero attached hydrogens (tertiary/aromatic N) is 2. The van der Waals surface area contributed by atoms with E-state index in [-0.39, 0.29) is 5.91 Å². The second kappa shape index (κ2) is 7.86. The van der Waals surface area contributed by atoms with Gasteiger partial charge in [0.15, 0.2) is 0 Å². The van der Waals surface area contributed by atoms with Gasteiger partial charge in [-0.05, 0) is 29.3 Å². The minimum atomic E-state index is -0.229. The van der Waals surface area contributed by atoms with E-state index in [0.717, 1.165) is 16.1 Å². The lowest BCUT2D eigenvalue weighted by Gasteiger charge is -1.97. The van der Waals surface area contributed by atoms with E-state index in [4.69, 9.17) is 11.6 Å². The topological polar surface area (TPSA) is 54.9 Å². The van der Waals surface area contributed by atoms with Crippen molar-refractivity contribution >= 4 is 40.1 Å². The molecule has 1 heterocycles. The van der Waals surface area contributed by atoms with Gasteiger partial charge in [0, 0.05) is 17.5 Å². The first-order valence-corrected chi connectivity index (χ1v) is 8.49. The largest absolute Gasteiger partial charge is 0.297 e. The SMILES string of the molecule is O=C(/C=C\c1ccccc1)Nc1nnc(Cc2ccc(Cl)cc2)s1. The maximum Gasteiger partial charge on any atom is 0.250 e. The molecular formula is C18H14ClN3OS. The van der Waals surface area contributed by atoms with E-state index in [1.54, 1.807) is 6.08 Å². The first kappa shape index (κ1) is 16.4. The van der Waals surface area contributed by atoms with E-state index in [2.05, 4.69) is 15.5 Å². The van der Waals surface area contributed by atoms with Crippen LogP contribution >= 0.6 is 22.9 Å². The fourth-order valence-corrected chi connectivity index (χ4v) is 2.94. The van der Waals surface area contributed by atoms with Crippen LogP contribution in [0.5, 0.6) is 0 Å². The van der Waals surface area contributed by atoms with Crippen LogP contribution in [0.3, 0.4) is 0 Å². The number of benzene rings is 2. The number of amides is 1. The van der Waals surface area contributed by atoms with Gasteiger partial charge in [0.1, 0.15) is 5.01 Å². The highest BCUT2D eigenvalue weighted by atomic mass is 35.5. The van der Waals surface area contributed by atoms with Crippen LogP contribution in [0, 0.1) is 0 Å². The van der Waals surface area contributed by atoms with Crippen molar-refractivity contribution < 1.29 is 4.79 Å². The van der Waals surface area contributed by atoms with E-state index < -0.39 is 0 Å². The first-order valence-electron chi connectivity index (χ1n) is 7.30. The van der Waals surface area contributed by atoms with Gasteiger partial charge in [-0.1, -0.05) is 65.4 Å². The molecule has 0 aliphatic rings. The van der Waals surface area contributed by atoms with Gasteiger partial charge in [-0.2, -0.15) is 0 Å². The molecule has 6 heteroatoms. The summed E-state index contributed by atoms with van der Waals surface area (Å²) in [6, 6.07) is 17.2. The van der Waals surface area contributed by atoms with Crippen LogP contribution in [0.15, 0.2) is 60.7 Å². The van der Waals surface area contributed by atoms with Crippen molar-refractivity contribution in [3.05, 3.63) is 81.8 Å². The Morgan fingerprint density at radius 1 is 1.08 bits per heavy atom. The van der Waals surface area contributed by atoms with E-state index in [1.165, 1.54) is 17.4 Å². The van der Waals surface area contributed by atoms with E-state index in [0.29, 0.717) is 16.6 Å². The Morgan fingerprint density at radius 3 is 2.58 bits per heavy atom. The van der Waals surface area contributed by atoms with Gasteiger partial charge >= 0.3 is 0 Å². The molecule has 0 unspecified atom stereocenters. The number of hydrogen-bond donors (Lipinski definition) is 1. The second-order valence-electron chi connectivity index (χ2n) is 5.04. The lowest BCUT2D eigenvalue weighted by Crippen LogP contribution is -2.07. The molecule has 4 nitrogen and oxygen atoms in total. The zero-order valence-corrected chi connectivity index (χ0v) is 14.2. The Hall–Kier alpha value is -2.50. The average molecular weight is 356 g/mol. The highest BCUT2D eigenvalue weighted by Crippen LogP contribution is 2.19. The lowest BCUT2D eigenvalue weighted by molar-refractivity contribution is -0.111. The molecule has 0 aliphatic carbocycles. The first-order chi connectivity index (χ1) is 11.7. The molecule has 0 radical (unpaired) electrons. The van der Waals surface area contributed by atoms with Gasteiger partial charge < -0.3 is 0 Å². The fourth-order valence-electron chi connectivity index (χ4n) is 2.04. The molecule has 1 N–H and O–H groups in total. The van der Waals surface area contributed by atoms with Crippen molar-refractivity contribution in [2.24, 2.45) is 0 Å². The maximum atomic E-state index is 11.9. The average Bonchev–Trinajstić information content (AvgIpc) is 3.03. The standard InChI is InChI=1S/C18H14ClN3OS/c19-15-9-6-14(7-10-15)12-17-21-22-18(24-17)20-16(23)11-8-13-4-2-1-3-5-13/h1-11H,12H2,(H,20,22,23)/b11-8-. The van der Waals surface area contributed by atoms with Crippen LogP contribution in [-0.2, 0) is 11.2 Å². The van der Waals surface area contributed by atoms with Crippen molar-refractivity contribution in [3.63, 3.8) is 0 Å². The van der Waals surface area contributed by atoms with Gasteiger partial charge in [-0.3, -0.25) is 10.1 Å². The molecule has 1 amide bonds. The summed E-state index contributed by atoms with van der Waals surface area (Å²) in [6.45, 7) is 0. The molecule has 0 saturated heterocycles. The molecule has 120 valence electrons. The Morgan fingerprint density at radius 2 is 1.83 bits per heavy atom. The lowest BCUT2D eigenvalue weighted by atomic mass is 10.2. The van der Waals surface area contributed by atoms with E-state index >= 15 is 0 Å². The van der Waals surface area contributed by atoms with Crippen molar-refractivity contribution in [1.82, 2.24) is 10.2 Å². The number of hydrogen-bond acceptors (Lipinski definition) is 4. The van der Waals surface area contributed by atoms with Crippen molar-refractivity contribution in [1.29, 1.82) is 0 Å². The maximum absolute atomic E-state index is 11.9. The number of anilines is 1. The third kappa shape index (κ3) is 4.75. The smallest absolute Gasteiger partial charge is 0.250 e. The summed E-state index contributed by atoms with van der Waals surface area (Å²) >= 11 is 7.23. The highest BCUT2D eigenvalue weighted by molar-refractivity contribution is 7.15. The predicted octanol–water partition coefficient (Wildman–Crippen LogP) is 4.43. The molecule has 0 atom stereocenters. The molecule has 0 fully saturated rings. The Labute approximate surface area is 148 Å². The summed E-state index contributed by atoms with van der Waals surface area (Å²) in [5, 5.41) is 12.9. The number of halogens is 1. The fraction of sp³-hybridized carbons (Fsp3) is 0.0556. The summed E-state index contributed by atoms with van der Waals surface area (Å²) in [4.78, 5) is 11.9.